The lowest BCUT2D eigenvalue weighted by molar-refractivity contribution is -0.935. The zero-order chi connectivity index (χ0) is 22.6. The standard InChI is InChI=1S/C16H17N3O9S2/c1-16(2)13(15(22)23)19(10(20)7-11(19)29-16)17-14(21)12(30(26,27)28)8-3-5-9(6-4-8)18(24)25/h3-6,11-13H,7H2,1-2H3,(H2-,17,21,22,23,26,27,28)/p+1/t11-,12-,13+,19?/m1/s1. The molecule has 3 N–H and O–H groups in total. The average molecular weight is 460 g/mol. The van der Waals surface area contributed by atoms with E-state index in [9.17, 15) is 42.6 Å². The predicted molar refractivity (Wildman–Crippen MR) is 102 cm³/mol. The summed E-state index contributed by atoms with van der Waals surface area (Å²) in [6.45, 7) is 3.20. The highest BCUT2D eigenvalue weighted by Gasteiger charge is 2.75. The molecule has 0 aromatic heterocycles. The second-order valence-electron chi connectivity index (χ2n) is 7.51. The van der Waals surface area contributed by atoms with E-state index in [1.54, 1.807) is 13.8 Å². The molecule has 0 radical (unpaired) electrons. The molecule has 0 spiro atoms. The number of hydrogen-bond donors (Lipinski definition) is 3. The number of fused-ring (bicyclic) bond motifs is 1. The van der Waals surface area contributed by atoms with Crippen LogP contribution in [-0.4, -0.2) is 61.5 Å². The molecule has 2 aliphatic rings. The van der Waals surface area contributed by atoms with Crippen LogP contribution in [0.5, 0.6) is 0 Å². The summed E-state index contributed by atoms with van der Waals surface area (Å²) in [6.07, 6.45) is -0.00771. The molecule has 2 saturated heterocycles. The van der Waals surface area contributed by atoms with Gasteiger partial charge in [-0.3, -0.25) is 19.5 Å². The number of β-lactam (4-membered cyclic amide) rings is 1. The van der Waals surface area contributed by atoms with Gasteiger partial charge in [-0.15, -0.1) is 4.59 Å². The van der Waals surface area contributed by atoms with Crippen LogP contribution in [0.3, 0.4) is 0 Å². The summed E-state index contributed by atoms with van der Waals surface area (Å²) in [4.78, 5) is 47.4. The van der Waals surface area contributed by atoms with E-state index in [1.807, 2.05) is 0 Å². The van der Waals surface area contributed by atoms with Crippen molar-refractivity contribution in [2.24, 2.45) is 0 Å². The Hall–Kier alpha value is -2.55. The van der Waals surface area contributed by atoms with Gasteiger partial charge in [-0.2, -0.15) is 13.8 Å². The van der Waals surface area contributed by atoms with Crippen LogP contribution in [0.15, 0.2) is 24.3 Å². The Morgan fingerprint density at radius 1 is 1.33 bits per heavy atom. The zero-order valence-electron chi connectivity index (χ0n) is 15.7. The first-order chi connectivity index (χ1) is 13.7. The first kappa shape index (κ1) is 22.1. The molecule has 4 atom stereocenters. The molecule has 2 aliphatic heterocycles. The van der Waals surface area contributed by atoms with Crippen LogP contribution in [0.1, 0.15) is 31.1 Å². The third-order valence-electron chi connectivity index (χ3n) is 5.19. The van der Waals surface area contributed by atoms with E-state index < -0.39 is 58.8 Å². The Labute approximate surface area is 174 Å². The molecular formula is C16H18N3O9S2+. The van der Waals surface area contributed by atoms with Gasteiger partial charge >= 0.3 is 11.9 Å². The van der Waals surface area contributed by atoms with Crippen molar-refractivity contribution in [3.8, 4) is 0 Å². The molecule has 162 valence electrons. The van der Waals surface area contributed by atoms with E-state index in [1.165, 1.54) is 11.8 Å². The number of carbonyl (C=O) groups is 3. The minimum atomic E-state index is -5.05. The minimum absolute atomic E-state index is 0.00771. The number of benzene rings is 1. The van der Waals surface area contributed by atoms with Crippen LogP contribution >= 0.6 is 11.8 Å². The van der Waals surface area contributed by atoms with Crippen LogP contribution < -0.4 is 5.43 Å². The summed E-state index contributed by atoms with van der Waals surface area (Å²) >= 11 is 1.19. The van der Waals surface area contributed by atoms with Crippen LogP contribution in [0, 0.1) is 10.1 Å². The van der Waals surface area contributed by atoms with Gasteiger partial charge in [-0.1, -0.05) is 23.9 Å². The molecule has 2 heterocycles. The summed E-state index contributed by atoms with van der Waals surface area (Å²) in [5.74, 6) is -3.26. The molecular weight excluding hydrogens is 442 g/mol. The van der Waals surface area contributed by atoms with E-state index in [-0.39, 0.29) is 17.7 Å². The fourth-order valence-electron chi connectivity index (χ4n) is 3.97. The van der Waals surface area contributed by atoms with Crippen LogP contribution in [0.2, 0.25) is 0 Å². The van der Waals surface area contributed by atoms with Gasteiger partial charge in [-0.25, -0.2) is 9.59 Å². The van der Waals surface area contributed by atoms with Crippen molar-refractivity contribution < 1.29 is 42.0 Å². The van der Waals surface area contributed by atoms with Gasteiger partial charge in [0.05, 0.1) is 9.67 Å². The van der Waals surface area contributed by atoms with Crippen molar-refractivity contribution in [3.63, 3.8) is 0 Å². The number of amides is 2. The van der Waals surface area contributed by atoms with Gasteiger partial charge < -0.3 is 5.11 Å². The quantitative estimate of drug-likeness (QED) is 0.179. The van der Waals surface area contributed by atoms with Gasteiger partial charge in [0.15, 0.2) is 10.6 Å². The minimum Gasteiger partial charge on any atom is -0.477 e. The number of rotatable bonds is 6. The number of aliphatic carboxylic acids is 1. The molecule has 1 unspecified atom stereocenters. The predicted octanol–water partition coefficient (Wildman–Crippen LogP) is 0.607. The molecule has 1 aromatic rings. The Morgan fingerprint density at radius 3 is 2.33 bits per heavy atom. The van der Waals surface area contributed by atoms with Gasteiger partial charge in [0.25, 0.3) is 21.7 Å². The first-order valence-corrected chi connectivity index (χ1v) is 11.0. The lowest BCUT2D eigenvalue weighted by Gasteiger charge is -2.45. The Morgan fingerprint density at radius 2 is 1.90 bits per heavy atom. The third-order valence-corrected chi connectivity index (χ3v) is 7.88. The molecule has 0 bridgehead atoms. The highest BCUT2D eigenvalue weighted by molar-refractivity contribution is 8.01. The second-order valence-corrected chi connectivity index (χ2v) is 10.8. The van der Waals surface area contributed by atoms with Crippen molar-refractivity contribution in [2.45, 2.75) is 41.7 Å². The fourth-order valence-corrected chi connectivity index (χ4v) is 6.58. The highest BCUT2D eigenvalue weighted by atomic mass is 32.2. The maximum Gasteiger partial charge on any atom is 0.367 e. The van der Waals surface area contributed by atoms with Crippen LogP contribution in [0.25, 0.3) is 0 Å². The number of carboxylic acids is 1. The summed E-state index contributed by atoms with van der Waals surface area (Å²) in [5.41, 5.74) is 1.60. The molecule has 12 nitrogen and oxygen atoms in total. The molecule has 2 amide bonds. The third kappa shape index (κ3) is 3.34. The van der Waals surface area contributed by atoms with Crippen molar-refractivity contribution in [3.05, 3.63) is 39.9 Å². The van der Waals surface area contributed by atoms with Crippen molar-refractivity contribution >= 4 is 45.4 Å². The van der Waals surface area contributed by atoms with E-state index in [0.29, 0.717) is 0 Å². The number of thioether (sulfide) groups is 1. The van der Waals surface area contributed by atoms with Gasteiger partial charge in [0, 0.05) is 12.1 Å². The molecule has 1 aromatic carbocycles. The Bertz CT molecular complexity index is 1050. The number of carboxylic acid groups (broad SMARTS) is 1. The molecule has 30 heavy (non-hydrogen) atoms. The Balaban J connectivity index is 2.01. The summed E-state index contributed by atoms with van der Waals surface area (Å²) in [7, 11) is -5.05. The lowest BCUT2D eigenvalue weighted by atomic mass is 9.96. The van der Waals surface area contributed by atoms with Gasteiger partial charge in [0.1, 0.15) is 6.42 Å². The Kier molecular flexibility index (Phi) is 5.17. The topological polar surface area (TPSA) is 181 Å². The smallest absolute Gasteiger partial charge is 0.367 e. The summed E-state index contributed by atoms with van der Waals surface area (Å²) < 4.78 is 31.6. The second kappa shape index (κ2) is 7.01. The average Bonchev–Trinajstić information content (AvgIpc) is 2.77. The number of nitro benzene ring substituents is 1. The van der Waals surface area contributed by atoms with Gasteiger partial charge in [-0.05, 0) is 19.4 Å². The van der Waals surface area contributed by atoms with Crippen molar-refractivity contribution in [2.75, 3.05) is 0 Å². The maximum atomic E-state index is 12.9. The first-order valence-electron chi connectivity index (χ1n) is 8.57. The largest absolute Gasteiger partial charge is 0.477 e. The number of nitrogens with zero attached hydrogens (tertiary/aromatic N) is 2. The van der Waals surface area contributed by atoms with Crippen molar-refractivity contribution in [1.29, 1.82) is 0 Å². The van der Waals surface area contributed by atoms with E-state index in [2.05, 4.69) is 5.43 Å². The number of quaternary nitrogens is 1. The number of carbonyl (C=O) groups excluding carboxylic acids is 2. The van der Waals surface area contributed by atoms with Crippen LogP contribution in [-0.2, 0) is 24.5 Å². The molecule has 0 saturated carbocycles. The van der Waals surface area contributed by atoms with E-state index in [0.717, 1.165) is 24.3 Å². The lowest BCUT2D eigenvalue weighted by Crippen LogP contribution is -2.79. The molecule has 14 heteroatoms. The molecule has 3 rings (SSSR count). The van der Waals surface area contributed by atoms with Crippen molar-refractivity contribution in [1.82, 2.24) is 5.43 Å². The number of hydrogen-bond acceptors (Lipinski definition) is 8. The van der Waals surface area contributed by atoms with E-state index >= 15 is 0 Å². The fraction of sp³-hybridized carbons (Fsp3) is 0.438. The SMILES string of the molecule is CC1(C)S[C@@H]2CC(=O)[N+]2(NC(=O)[C@@H](c2ccc([N+](=O)[O-])cc2)S(=O)(=O)O)[C@H]1C(=O)O. The maximum absolute atomic E-state index is 12.9. The number of nitrogens with one attached hydrogen (secondary N) is 1. The van der Waals surface area contributed by atoms with Gasteiger partial charge in [0.2, 0.25) is 6.04 Å². The van der Waals surface area contributed by atoms with E-state index in [4.69, 9.17) is 0 Å². The molecule has 2 fully saturated rings. The summed E-state index contributed by atoms with van der Waals surface area (Å²) in [5, 5.41) is 17.7. The zero-order valence-corrected chi connectivity index (χ0v) is 17.3. The summed E-state index contributed by atoms with van der Waals surface area (Å²) in [6, 6.07) is 2.52. The van der Waals surface area contributed by atoms with Crippen LogP contribution in [0.4, 0.5) is 5.69 Å². The highest BCUT2D eigenvalue weighted by Crippen LogP contribution is 2.55. The monoisotopic (exact) mass is 460 g/mol. The normalized spacial score (nSPS) is 28.2. The molecule has 0 aliphatic carbocycles. The number of non-ortho nitro benzene ring substituents is 1. The number of nitro groups is 1.